The Kier molecular flexibility index (Phi) is 2.10. The molecule has 3 rings (SSSR count). The van der Waals surface area contributed by atoms with Gasteiger partial charge < -0.3 is 5.11 Å². The highest BCUT2D eigenvalue weighted by atomic mass is 16.4. The third-order valence-electron chi connectivity index (χ3n) is 6.36. The minimum Gasteiger partial charge on any atom is -0.478 e. The van der Waals surface area contributed by atoms with Gasteiger partial charge >= 0.3 is 5.97 Å². The number of allylic oxidation sites excluding steroid dienone is 1. The fourth-order valence-electron chi connectivity index (χ4n) is 5.53. The first-order chi connectivity index (χ1) is 7.92. The van der Waals surface area contributed by atoms with Gasteiger partial charge in [0, 0.05) is 5.57 Å². The van der Waals surface area contributed by atoms with Gasteiger partial charge in [0.05, 0.1) is 0 Å². The molecular weight excluding hydrogens is 212 g/mol. The molecule has 0 radical (unpaired) electrons. The molecule has 0 aromatic rings. The molecule has 1 spiro atoms. The molecule has 0 aromatic carbocycles. The number of aliphatic carboxylic acids is 1. The van der Waals surface area contributed by atoms with Gasteiger partial charge in [-0.3, -0.25) is 0 Å². The van der Waals surface area contributed by atoms with Crippen molar-refractivity contribution < 1.29 is 9.90 Å². The van der Waals surface area contributed by atoms with Crippen molar-refractivity contribution in [2.24, 2.45) is 28.6 Å². The maximum absolute atomic E-state index is 11.4. The summed E-state index contributed by atoms with van der Waals surface area (Å²) in [6.07, 6.45) is 7.10. The molecule has 0 saturated heterocycles. The van der Waals surface area contributed by atoms with Crippen LogP contribution in [0.1, 0.15) is 46.5 Å². The van der Waals surface area contributed by atoms with E-state index in [1.54, 1.807) is 0 Å². The average molecular weight is 234 g/mol. The number of carboxylic acid groups (broad SMARTS) is 1. The van der Waals surface area contributed by atoms with Crippen molar-refractivity contribution in [1.82, 2.24) is 0 Å². The highest BCUT2D eigenvalue weighted by molar-refractivity contribution is 5.88. The summed E-state index contributed by atoms with van der Waals surface area (Å²) < 4.78 is 0. The quantitative estimate of drug-likeness (QED) is 0.754. The van der Waals surface area contributed by atoms with Crippen LogP contribution in [0, 0.1) is 28.6 Å². The fourth-order valence-corrected chi connectivity index (χ4v) is 5.53. The van der Waals surface area contributed by atoms with Gasteiger partial charge in [0.25, 0.3) is 0 Å². The van der Waals surface area contributed by atoms with E-state index in [4.69, 9.17) is 0 Å². The zero-order valence-corrected chi connectivity index (χ0v) is 11.0. The smallest absolute Gasteiger partial charge is 0.331 e. The third kappa shape index (κ3) is 1.10. The van der Waals surface area contributed by atoms with Crippen LogP contribution in [0.15, 0.2) is 11.6 Å². The van der Waals surface area contributed by atoms with Gasteiger partial charge in [-0.25, -0.2) is 4.79 Å². The molecule has 3 aliphatic rings. The van der Waals surface area contributed by atoms with Crippen LogP contribution in [0.5, 0.6) is 0 Å². The molecule has 0 heterocycles. The lowest BCUT2D eigenvalue weighted by molar-refractivity contribution is -0.133. The van der Waals surface area contributed by atoms with E-state index in [0.717, 1.165) is 11.8 Å². The van der Waals surface area contributed by atoms with E-state index in [2.05, 4.69) is 26.8 Å². The molecule has 94 valence electrons. The van der Waals surface area contributed by atoms with Gasteiger partial charge in [-0.05, 0) is 54.3 Å². The highest BCUT2D eigenvalue weighted by Crippen LogP contribution is 2.73. The minimum atomic E-state index is -0.694. The summed E-state index contributed by atoms with van der Waals surface area (Å²) >= 11 is 0. The molecule has 0 aromatic heterocycles. The first-order valence-electron chi connectivity index (χ1n) is 6.88. The van der Waals surface area contributed by atoms with Crippen LogP contribution in [-0.2, 0) is 4.79 Å². The van der Waals surface area contributed by atoms with Gasteiger partial charge in [-0.2, -0.15) is 0 Å². The molecule has 0 unspecified atom stereocenters. The zero-order valence-electron chi connectivity index (χ0n) is 11.0. The van der Waals surface area contributed by atoms with Crippen LogP contribution in [0.25, 0.3) is 0 Å². The second-order valence-electron chi connectivity index (χ2n) is 6.75. The standard InChI is InChI=1S/C15H22O2/c1-9-4-7-15-10(2)11(13(16)17)8-14(15,3)6-5-12(9)15/h8-10,12H,4-7H2,1-3H3,(H,16,17)/t9-,10+,12+,14+,15+/m0/s1. The monoisotopic (exact) mass is 234 g/mol. The lowest BCUT2D eigenvalue weighted by atomic mass is 9.61. The SMILES string of the molecule is C[C@@H]1C(C(=O)O)=C[C@@]2(C)CC[C@@H]3[C@@H](C)CC[C@@]132. The number of hydrogen-bond donors (Lipinski definition) is 1. The van der Waals surface area contributed by atoms with Crippen LogP contribution in [0.3, 0.4) is 0 Å². The Bertz CT molecular complexity index is 411. The first kappa shape index (κ1) is 11.3. The Hall–Kier alpha value is -0.790. The molecule has 0 aliphatic heterocycles. The van der Waals surface area contributed by atoms with Crippen molar-refractivity contribution in [2.45, 2.75) is 46.5 Å². The predicted octanol–water partition coefficient (Wildman–Crippen LogP) is 3.48. The molecule has 0 bridgehead atoms. The Labute approximate surface area is 103 Å². The van der Waals surface area contributed by atoms with Crippen molar-refractivity contribution in [3.63, 3.8) is 0 Å². The summed E-state index contributed by atoms with van der Waals surface area (Å²) in [6.45, 7) is 6.82. The average Bonchev–Trinajstić information content (AvgIpc) is 2.80. The Morgan fingerprint density at radius 3 is 2.71 bits per heavy atom. The molecule has 2 saturated carbocycles. The number of carboxylic acids is 1. The van der Waals surface area contributed by atoms with Gasteiger partial charge in [-0.15, -0.1) is 0 Å². The normalized spacial score (nSPS) is 52.2. The van der Waals surface area contributed by atoms with Crippen molar-refractivity contribution in [3.8, 4) is 0 Å². The van der Waals surface area contributed by atoms with Crippen LogP contribution < -0.4 is 0 Å². The van der Waals surface area contributed by atoms with Crippen molar-refractivity contribution in [3.05, 3.63) is 11.6 Å². The minimum absolute atomic E-state index is 0.148. The summed E-state index contributed by atoms with van der Waals surface area (Å²) in [6, 6.07) is 0. The summed E-state index contributed by atoms with van der Waals surface area (Å²) in [4.78, 5) is 11.4. The van der Waals surface area contributed by atoms with E-state index in [1.807, 2.05) is 0 Å². The highest BCUT2D eigenvalue weighted by Gasteiger charge is 2.66. The van der Waals surface area contributed by atoms with E-state index in [0.29, 0.717) is 5.57 Å². The van der Waals surface area contributed by atoms with Gasteiger partial charge in [0.1, 0.15) is 0 Å². The largest absolute Gasteiger partial charge is 0.478 e. The predicted molar refractivity (Wildman–Crippen MR) is 66.5 cm³/mol. The molecule has 5 atom stereocenters. The number of hydrogen-bond acceptors (Lipinski definition) is 1. The maximum Gasteiger partial charge on any atom is 0.331 e. The number of carbonyl (C=O) groups is 1. The summed E-state index contributed by atoms with van der Waals surface area (Å²) in [7, 11) is 0. The molecule has 2 fully saturated rings. The Balaban J connectivity index is 2.10. The first-order valence-corrected chi connectivity index (χ1v) is 6.88. The van der Waals surface area contributed by atoms with Gasteiger partial charge in [0.2, 0.25) is 0 Å². The third-order valence-corrected chi connectivity index (χ3v) is 6.36. The fraction of sp³-hybridized carbons (Fsp3) is 0.800. The van der Waals surface area contributed by atoms with Crippen molar-refractivity contribution in [1.29, 1.82) is 0 Å². The summed E-state index contributed by atoms with van der Waals surface area (Å²) in [5, 5.41) is 9.37. The lowest BCUT2D eigenvalue weighted by Gasteiger charge is -2.42. The summed E-state index contributed by atoms with van der Waals surface area (Å²) in [5.74, 6) is 1.07. The summed E-state index contributed by atoms with van der Waals surface area (Å²) in [5.41, 5.74) is 1.10. The van der Waals surface area contributed by atoms with Crippen LogP contribution in [0.2, 0.25) is 0 Å². The van der Waals surface area contributed by atoms with Crippen molar-refractivity contribution in [2.75, 3.05) is 0 Å². The Morgan fingerprint density at radius 1 is 1.35 bits per heavy atom. The second kappa shape index (κ2) is 3.15. The van der Waals surface area contributed by atoms with E-state index in [-0.39, 0.29) is 16.7 Å². The molecule has 2 nitrogen and oxygen atoms in total. The van der Waals surface area contributed by atoms with Crippen LogP contribution in [-0.4, -0.2) is 11.1 Å². The van der Waals surface area contributed by atoms with E-state index < -0.39 is 5.97 Å². The van der Waals surface area contributed by atoms with E-state index >= 15 is 0 Å². The molecule has 0 amide bonds. The van der Waals surface area contributed by atoms with Gasteiger partial charge in [-0.1, -0.05) is 26.8 Å². The van der Waals surface area contributed by atoms with E-state index in [1.165, 1.54) is 25.7 Å². The number of rotatable bonds is 1. The molecule has 3 aliphatic carbocycles. The molecule has 17 heavy (non-hydrogen) atoms. The second-order valence-corrected chi connectivity index (χ2v) is 6.75. The molecular formula is C15H22O2. The molecule has 2 heteroatoms. The van der Waals surface area contributed by atoms with Crippen molar-refractivity contribution >= 4 is 5.97 Å². The van der Waals surface area contributed by atoms with E-state index in [9.17, 15) is 9.90 Å². The van der Waals surface area contributed by atoms with Gasteiger partial charge in [0.15, 0.2) is 0 Å². The van der Waals surface area contributed by atoms with Crippen LogP contribution >= 0.6 is 0 Å². The Morgan fingerprint density at radius 2 is 2.06 bits per heavy atom. The lowest BCUT2D eigenvalue weighted by Crippen LogP contribution is -2.38. The topological polar surface area (TPSA) is 37.3 Å². The molecule has 1 N–H and O–H groups in total. The maximum atomic E-state index is 11.4. The zero-order chi connectivity index (χ0) is 12.4. The van der Waals surface area contributed by atoms with Crippen LogP contribution in [0.4, 0.5) is 0 Å².